The highest BCUT2D eigenvalue weighted by molar-refractivity contribution is 5.92. The van der Waals surface area contributed by atoms with Crippen molar-refractivity contribution >= 4 is 11.6 Å². The number of ether oxygens (including phenoxy) is 3. The van der Waals surface area contributed by atoms with E-state index in [0.717, 1.165) is 11.3 Å². The van der Waals surface area contributed by atoms with E-state index in [1.54, 1.807) is 0 Å². The molecule has 1 amide bonds. The normalized spacial score (nSPS) is 10.4. The highest BCUT2D eigenvalue weighted by atomic mass is 16.5. The third-order valence-electron chi connectivity index (χ3n) is 4.11. The molecule has 3 rings (SSSR count). The fourth-order valence-electron chi connectivity index (χ4n) is 2.70. The lowest BCUT2D eigenvalue weighted by atomic mass is 10.2. The van der Waals surface area contributed by atoms with Crippen molar-refractivity contribution in [2.45, 2.75) is 20.0 Å². The number of hydrogen-bond acceptors (Lipinski definition) is 4. The molecule has 150 valence electrons. The lowest BCUT2D eigenvalue weighted by molar-refractivity contribution is -0.117. The van der Waals surface area contributed by atoms with Crippen LogP contribution >= 0.6 is 0 Å². The van der Waals surface area contributed by atoms with E-state index >= 15 is 0 Å². The minimum atomic E-state index is -0.124. The Labute approximate surface area is 171 Å². The summed E-state index contributed by atoms with van der Waals surface area (Å²) >= 11 is 0. The van der Waals surface area contributed by atoms with E-state index in [1.807, 2.05) is 85.8 Å². The Bertz CT molecular complexity index is 894. The molecule has 3 aromatic rings. The Morgan fingerprint density at radius 2 is 1.55 bits per heavy atom. The Balaban J connectivity index is 1.51. The first kappa shape index (κ1) is 20.4. The molecule has 0 fully saturated rings. The van der Waals surface area contributed by atoms with Crippen LogP contribution in [0.1, 0.15) is 18.9 Å². The predicted molar refractivity (Wildman–Crippen MR) is 113 cm³/mol. The third kappa shape index (κ3) is 6.66. The topological polar surface area (TPSA) is 56.8 Å². The first-order valence-electron chi connectivity index (χ1n) is 9.66. The molecule has 0 spiro atoms. The summed E-state index contributed by atoms with van der Waals surface area (Å²) in [5.74, 6) is 1.91. The Morgan fingerprint density at radius 3 is 2.31 bits per heavy atom. The zero-order valence-electron chi connectivity index (χ0n) is 16.5. The van der Waals surface area contributed by atoms with Gasteiger partial charge in [0, 0.05) is 0 Å². The minimum Gasteiger partial charge on any atom is -0.494 e. The SMILES string of the molecule is CCOc1ccc(Oc2ccccc2NC(=O)CCOCc2ccccc2)cc1. The molecule has 0 aliphatic carbocycles. The van der Waals surface area contributed by atoms with Crippen molar-refractivity contribution in [1.29, 1.82) is 0 Å². The van der Waals surface area contributed by atoms with Crippen molar-refractivity contribution in [2.75, 3.05) is 18.5 Å². The van der Waals surface area contributed by atoms with Gasteiger partial charge in [-0.25, -0.2) is 0 Å². The zero-order valence-corrected chi connectivity index (χ0v) is 16.5. The van der Waals surface area contributed by atoms with Crippen molar-refractivity contribution in [2.24, 2.45) is 0 Å². The van der Waals surface area contributed by atoms with Crippen LogP contribution in [0.4, 0.5) is 5.69 Å². The number of para-hydroxylation sites is 2. The summed E-state index contributed by atoms with van der Waals surface area (Å²) in [5, 5.41) is 2.89. The molecule has 5 nitrogen and oxygen atoms in total. The molecule has 5 heteroatoms. The quantitative estimate of drug-likeness (QED) is 0.469. The molecule has 0 aliphatic heterocycles. The van der Waals surface area contributed by atoms with Crippen LogP contribution in [0.15, 0.2) is 78.9 Å². The van der Waals surface area contributed by atoms with Crippen LogP contribution in [0.2, 0.25) is 0 Å². The standard InChI is InChI=1S/C24H25NO4/c1-2-28-20-12-14-21(15-13-20)29-23-11-7-6-10-22(23)25-24(26)16-17-27-18-19-8-4-3-5-9-19/h3-15H,2,16-18H2,1H3,(H,25,26). The molecule has 0 saturated heterocycles. The fourth-order valence-corrected chi connectivity index (χ4v) is 2.70. The summed E-state index contributed by atoms with van der Waals surface area (Å²) in [6.07, 6.45) is 0.268. The van der Waals surface area contributed by atoms with E-state index in [0.29, 0.717) is 37.0 Å². The second kappa shape index (κ2) is 10.9. The van der Waals surface area contributed by atoms with Gasteiger partial charge in [0.25, 0.3) is 0 Å². The van der Waals surface area contributed by atoms with Gasteiger partial charge in [0.15, 0.2) is 5.75 Å². The molecule has 0 atom stereocenters. The fraction of sp³-hybridized carbons (Fsp3) is 0.208. The van der Waals surface area contributed by atoms with Crippen molar-refractivity contribution in [3.8, 4) is 17.2 Å². The van der Waals surface area contributed by atoms with E-state index in [1.165, 1.54) is 0 Å². The number of carbonyl (C=O) groups excluding carboxylic acids is 1. The Morgan fingerprint density at radius 1 is 0.862 bits per heavy atom. The number of nitrogens with one attached hydrogen (secondary N) is 1. The third-order valence-corrected chi connectivity index (χ3v) is 4.11. The molecule has 0 aromatic heterocycles. The smallest absolute Gasteiger partial charge is 0.226 e. The Kier molecular flexibility index (Phi) is 7.66. The number of rotatable bonds is 10. The molecular formula is C24H25NO4. The van der Waals surface area contributed by atoms with Gasteiger partial charge < -0.3 is 19.5 Å². The number of hydrogen-bond donors (Lipinski definition) is 1. The number of carbonyl (C=O) groups is 1. The molecule has 0 aliphatic rings. The molecule has 0 unspecified atom stereocenters. The van der Waals surface area contributed by atoms with E-state index in [4.69, 9.17) is 14.2 Å². The van der Waals surface area contributed by atoms with Crippen molar-refractivity contribution in [3.05, 3.63) is 84.4 Å². The first-order valence-corrected chi connectivity index (χ1v) is 9.66. The van der Waals surface area contributed by atoms with Gasteiger partial charge in [-0.3, -0.25) is 4.79 Å². The summed E-state index contributed by atoms with van der Waals surface area (Å²) in [4.78, 5) is 12.3. The maximum Gasteiger partial charge on any atom is 0.226 e. The Hall–Kier alpha value is -3.31. The summed E-state index contributed by atoms with van der Waals surface area (Å²) in [7, 11) is 0. The molecule has 0 heterocycles. The first-order chi connectivity index (χ1) is 14.2. The van der Waals surface area contributed by atoms with Crippen LogP contribution in [0.5, 0.6) is 17.2 Å². The maximum absolute atomic E-state index is 12.3. The molecule has 0 saturated carbocycles. The van der Waals surface area contributed by atoms with Crippen molar-refractivity contribution in [3.63, 3.8) is 0 Å². The van der Waals surface area contributed by atoms with Gasteiger partial charge in [0.05, 0.1) is 31.9 Å². The highest BCUT2D eigenvalue weighted by Crippen LogP contribution is 2.30. The molecule has 3 aromatic carbocycles. The monoisotopic (exact) mass is 391 g/mol. The second-order valence-corrected chi connectivity index (χ2v) is 6.34. The van der Waals surface area contributed by atoms with Gasteiger partial charge in [0.1, 0.15) is 11.5 Å². The largest absolute Gasteiger partial charge is 0.494 e. The summed E-state index contributed by atoms with van der Waals surface area (Å²) in [6, 6.07) is 24.6. The maximum atomic E-state index is 12.3. The zero-order chi connectivity index (χ0) is 20.3. The molecule has 0 radical (unpaired) electrons. The molecular weight excluding hydrogens is 366 g/mol. The number of anilines is 1. The predicted octanol–water partition coefficient (Wildman–Crippen LogP) is 5.42. The summed E-state index contributed by atoms with van der Waals surface area (Å²) in [5.41, 5.74) is 1.71. The van der Waals surface area contributed by atoms with Crippen molar-refractivity contribution in [1.82, 2.24) is 0 Å². The second-order valence-electron chi connectivity index (χ2n) is 6.34. The van der Waals surface area contributed by atoms with Gasteiger partial charge >= 0.3 is 0 Å². The average Bonchev–Trinajstić information content (AvgIpc) is 2.75. The number of benzene rings is 3. The van der Waals surface area contributed by atoms with E-state index < -0.39 is 0 Å². The van der Waals surface area contributed by atoms with Gasteiger partial charge in [0.2, 0.25) is 5.91 Å². The van der Waals surface area contributed by atoms with Crippen LogP contribution in [0.25, 0.3) is 0 Å². The van der Waals surface area contributed by atoms with E-state index in [9.17, 15) is 4.79 Å². The molecule has 29 heavy (non-hydrogen) atoms. The summed E-state index contributed by atoms with van der Waals surface area (Å²) < 4.78 is 16.9. The molecule has 1 N–H and O–H groups in total. The minimum absolute atomic E-state index is 0.124. The van der Waals surface area contributed by atoms with Gasteiger partial charge in [-0.2, -0.15) is 0 Å². The van der Waals surface area contributed by atoms with Crippen LogP contribution in [-0.2, 0) is 16.1 Å². The van der Waals surface area contributed by atoms with Crippen LogP contribution < -0.4 is 14.8 Å². The van der Waals surface area contributed by atoms with Crippen LogP contribution in [0, 0.1) is 0 Å². The van der Waals surface area contributed by atoms with Crippen molar-refractivity contribution < 1.29 is 19.0 Å². The van der Waals surface area contributed by atoms with Crippen LogP contribution in [-0.4, -0.2) is 19.1 Å². The van der Waals surface area contributed by atoms with Gasteiger partial charge in [-0.05, 0) is 48.9 Å². The average molecular weight is 391 g/mol. The van der Waals surface area contributed by atoms with Crippen LogP contribution in [0.3, 0.4) is 0 Å². The molecule has 0 bridgehead atoms. The van der Waals surface area contributed by atoms with Gasteiger partial charge in [-0.1, -0.05) is 42.5 Å². The van der Waals surface area contributed by atoms with E-state index in [-0.39, 0.29) is 12.3 Å². The highest BCUT2D eigenvalue weighted by Gasteiger charge is 2.09. The van der Waals surface area contributed by atoms with Gasteiger partial charge in [-0.15, -0.1) is 0 Å². The van der Waals surface area contributed by atoms with E-state index in [2.05, 4.69) is 5.32 Å². The summed E-state index contributed by atoms with van der Waals surface area (Å²) in [6.45, 7) is 3.40. The lowest BCUT2D eigenvalue weighted by Crippen LogP contribution is -2.14. The number of amides is 1. The lowest BCUT2D eigenvalue weighted by Gasteiger charge is -2.13.